The molecule has 2 N–H and O–H groups in total. The van der Waals surface area contributed by atoms with Crippen molar-refractivity contribution in [2.45, 2.75) is 32.9 Å². The summed E-state index contributed by atoms with van der Waals surface area (Å²) in [6, 6.07) is 7.20. The fourth-order valence-electron chi connectivity index (χ4n) is 4.12. The van der Waals surface area contributed by atoms with Gasteiger partial charge in [-0.05, 0) is 44.5 Å². The topological polar surface area (TPSA) is 117 Å². The SMILES string of the molecule is CCNC(=O)Nc1ccc(-c2nc3c(c(N4CCOCC4C)n2)CCN(S(C)(=O)=O)C3)cc1. The number of rotatable bonds is 5. The van der Waals surface area contributed by atoms with E-state index >= 15 is 0 Å². The van der Waals surface area contributed by atoms with Crippen LogP contribution in [-0.2, 0) is 27.7 Å². The molecule has 10 nitrogen and oxygen atoms in total. The molecule has 2 aliphatic heterocycles. The standard InChI is InChI=1S/C22H30N6O4S/c1-4-23-22(29)24-17-7-5-16(6-8-17)20-25-19-13-27(33(3,30)31)10-9-18(19)21(26-20)28-11-12-32-14-15(28)2/h5-8,15H,4,9-14H2,1-3H3,(H2,23,24,29). The molecule has 2 amide bonds. The molecule has 0 saturated carbocycles. The minimum absolute atomic E-state index is 0.155. The van der Waals surface area contributed by atoms with E-state index in [2.05, 4.69) is 22.5 Å². The first kappa shape index (κ1) is 23.4. The van der Waals surface area contributed by atoms with Crippen molar-refractivity contribution in [1.29, 1.82) is 0 Å². The summed E-state index contributed by atoms with van der Waals surface area (Å²) in [6.45, 7) is 7.09. The molecule has 3 heterocycles. The average molecular weight is 475 g/mol. The lowest BCUT2D eigenvalue weighted by Crippen LogP contribution is -2.45. The number of aromatic nitrogens is 2. The van der Waals surface area contributed by atoms with Crippen molar-refractivity contribution in [3.63, 3.8) is 0 Å². The van der Waals surface area contributed by atoms with Crippen molar-refractivity contribution < 1.29 is 17.9 Å². The fourth-order valence-corrected chi connectivity index (χ4v) is 4.90. The quantitative estimate of drug-likeness (QED) is 0.679. The Kier molecular flexibility index (Phi) is 6.82. The van der Waals surface area contributed by atoms with Gasteiger partial charge in [0.1, 0.15) is 5.82 Å². The van der Waals surface area contributed by atoms with Gasteiger partial charge < -0.3 is 20.3 Å². The number of benzene rings is 1. The van der Waals surface area contributed by atoms with Gasteiger partial charge in [-0.2, -0.15) is 4.31 Å². The summed E-state index contributed by atoms with van der Waals surface area (Å²) in [4.78, 5) is 23.7. The molecule has 11 heteroatoms. The van der Waals surface area contributed by atoms with E-state index in [-0.39, 0.29) is 18.6 Å². The molecule has 0 spiro atoms. The van der Waals surface area contributed by atoms with E-state index < -0.39 is 10.0 Å². The molecule has 0 bridgehead atoms. The highest BCUT2D eigenvalue weighted by atomic mass is 32.2. The average Bonchev–Trinajstić information content (AvgIpc) is 2.78. The van der Waals surface area contributed by atoms with Crippen molar-refractivity contribution in [2.24, 2.45) is 0 Å². The number of hydrogen-bond donors (Lipinski definition) is 2. The lowest BCUT2D eigenvalue weighted by atomic mass is 10.0. The zero-order chi connectivity index (χ0) is 23.6. The van der Waals surface area contributed by atoms with Gasteiger partial charge in [0.2, 0.25) is 10.0 Å². The van der Waals surface area contributed by atoms with Gasteiger partial charge in [0.15, 0.2) is 5.82 Å². The summed E-state index contributed by atoms with van der Waals surface area (Å²) >= 11 is 0. The van der Waals surface area contributed by atoms with Gasteiger partial charge in [-0.25, -0.2) is 23.2 Å². The van der Waals surface area contributed by atoms with Crippen molar-refractivity contribution in [3.05, 3.63) is 35.5 Å². The van der Waals surface area contributed by atoms with Gasteiger partial charge in [-0.1, -0.05) is 0 Å². The van der Waals surface area contributed by atoms with E-state index in [1.807, 2.05) is 19.1 Å². The molecule has 2 aromatic rings. The van der Waals surface area contributed by atoms with E-state index in [4.69, 9.17) is 14.7 Å². The van der Waals surface area contributed by atoms with Crippen LogP contribution in [0.3, 0.4) is 0 Å². The first-order chi connectivity index (χ1) is 15.8. The lowest BCUT2D eigenvalue weighted by Gasteiger charge is -2.37. The molecule has 1 aromatic heterocycles. The van der Waals surface area contributed by atoms with Crippen LogP contribution in [0, 0.1) is 0 Å². The summed E-state index contributed by atoms with van der Waals surface area (Å²) in [5, 5.41) is 5.47. The van der Waals surface area contributed by atoms with Gasteiger partial charge in [0.25, 0.3) is 0 Å². The molecule has 0 radical (unpaired) electrons. The molecular weight excluding hydrogens is 444 g/mol. The number of urea groups is 1. The van der Waals surface area contributed by atoms with Gasteiger partial charge >= 0.3 is 6.03 Å². The highest BCUT2D eigenvalue weighted by molar-refractivity contribution is 7.88. The first-order valence-corrected chi connectivity index (χ1v) is 13.0. The van der Waals surface area contributed by atoms with Crippen molar-refractivity contribution in [1.82, 2.24) is 19.6 Å². The van der Waals surface area contributed by atoms with Gasteiger partial charge in [-0.3, -0.25) is 0 Å². The van der Waals surface area contributed by atoms with Crippen molar-refractivity contribution in [3.8, 4) is 11.4 Å². The largest absolute Gasteiger partial charge is 0.377 e. The summed E-state index contributed by atoms with van der Waals surface area (Å²) in [5.74, 6) is 1.38. The molecule has 33 heavy (non-hydrogen) atoms. The number of hydrogen-bond acceptors (Lipinski definition) is 7. The minimum Gasteiger partial charge on any atom is -0.377 e. The Labute approximate surface area is 194 Å². The molecule has 2 aliphatic rings. The number of amides is 2. The molecule has 0 aliphatic carbocycles. The monoisotopic (exact) mass is 474 g/mol. The molecule has 1 fully saturated rings. The highest BCUT2D eigenvalue weighted by Crippen LogP contribution is 2.32. The molecule has 1 aromatic carbocycles. The number of carbonyl (C=O) groups excluding carboxylic acids is 1. The van der Waals surface area contributed by atoms with E-state index in [1.165, 1.54) is 10.6 Å². The Morgan fingerprint density at radius 1 is 1.21 bits per heavy atom. The second-order valence-corrected chi connectivity index (χ2v) is 10.3. The summed E-state index contributed by atoms with van der Waals surface area (Å²) in [7, 11) is -3.32. The zero-order valence-corrected chi connectivity index (χ0v) is 20.0. The van der Waals surface area contributed by atoms with E-state index in [0.29, 0.717) is 44.2 Å². The number of sulfonamides is 1. The maximum absolute atomic E-state index is 12.2. The third-order valence-corrected chi connectivity index (χ3v) is 7.10. The number of carbonyl (C=O) groups is 1. The molecule has 4 rings (SSSR count). The molecule has 1 saturated heterocycles. The molecule has 178 valence electrons. The van der Waals surface area contributed by atoms with Crippen LogP contribution in [0.5, 0.6) is 0 Å². The number of morpholine rings is 1. The maximum atomic E-state index is 12.2. The third kappa shape index (κ3) is 5.26. The minimum atomic E-state index is -3.32. The van der Waals surface area contributed by atoms with Crippen LogP contribution in [-0.4, -0.2) is 73.9 Å². The number of anilines is 2. The summed E-state index contributed by atoms with van der Waals surface area (Å²) in [5.41, 5.74) is 3.18. The lowest BCUT2D eigenvalue weighted by molar-refractivity contribution is 0.0984. The van der Waals surface area contributed by atoms with Crippen LogP contribution in [0.2, 0.25) is 0 Å². The van der Waals surface area contributed by atoms with Crippen LogP contribution in [0.4, 0.5) is 16.3 Å². The molecule has 1 unspecified atom stereocenters. The second-order valence-electron chi connectivity index (χ2n) is 8.32. The number of nitrogens with zero attached hydrogens (tertiary/aromatic N) is 4. The van der Waals surface area contributed by atoms with E-state index in [9.17, 15) is 13.2 Å². The van der Waals surface area contributed by atoms with E-state index in [1.54, 1.807) is 12.1 Å². The van der Waals surface area contributed by atoms with Crippen molar-refractivity contribution >= 4 is 27.6 Å². The Morgan fingerprint density at radius 3 is 2.64 bits per heavy atom. The predicted molar refractivity (Wildman–Crippen MR) is 127 cm³/mol. The Hall–Kier alpha value is -2.76. The predicted octanol–water partition coefficient (Wildman–Crippen LogP) is 1.83. The molecule has 1 atom stereocenters. The van der Waals surface area contributed by atoms with Gasteiger partial charge in [0, 0.05) is 36.4 Å². The smallest absolute Gasteiger partial charge is 0.319 e. The number of nitrogens with one attached hydrogen (secondary N) is 2. The fraction of sp³-hybridized carbons (Fsp3) is 0.500. The Balaban J connectivity index is 1.71. The van der Waals surface area contributed by atoms with Crippen LogP contribution in [0.1, 0.15) is 25.1 Å². The Morgan fingerprint density at radius 2 is 1.97 bits per heavy atom. The first-order valence-electron chi connectivity index (χ1n) is 11.1. The molecular formula is C22H30N6O4S. The maximum Gasteiger partial charge on any atom is 0.319 e. The van der Waals surface area contributed by atoms with Crippen LogP contribution < -0.4 is 15.5 Å². The highest BCUT2D eigenvalue weighted by Gasteiger charge is 2.31. The second kappa shape index (κ2) is 9.62. The van der Waals surface area contributed by atoms with Crippen LogP contribution >= 0.6 is 0 Å². The summed E-state index contributed by atoms with van der Waals surface area (Å²) < 4.78 is 31.4. The zero-order valence-electron chi connectivity index (χ0n) is 19.2. The Bertz CT molecular complexity index is 1120. The van der Waals surface area contributed by atoms with Gasteiger partial charge in [-0.15, -0.1) is 0 Å². The third-order valence-electron chi connectivity index (χ3n) is 5.86. The number of fused-ring (bicyclic) bond motifs is 1. The van der Waals surface area contributed by atoms with Crippen LogP contribution in [0.25, 0.3) is 11.4 Å². The van der Waals surface area contributed by atoms with Crippen molar-refractivity contribution in [2.75, 3.05) is 49.3 Å². The number of ether oxygens (including phenoxy) is 1. The van der Waals surface area contributed by atoms with Crippen LogP contribution in [0.15, 0.2) is 24.3 Å². The van der Waals surface area contributed by atoms with E-state index in [0.717, 1.165) is 29.2 Å². The van der Waals surface area contributed by atoms with Gasteiger partial charge in [0.05, 0.1) is 37.8 Å². The summed E-state index contributed by atoms with van der Waals surface area (Å²) in [6.07, 6.45) is 1.79. The normalized spacial score (nSPS) is 19.1.